The monoisotopic (exact) mass is 438 g/mol. The van der Waals surface area contributed by atoms with Crippen molar-refractivity contribution < 1.29 is 0 Å². The van der Waals surface area contributed by atoms with Crippen molar-refractivity contribution >= 4 is 34.1 Å². The van der Waals surface area contributed by atoms with Crippen LogP contribution in [0, 0.1) is 17.8 Å². The highest BCUT2D eigenvalue weighted by molar-refractivity contribution is 6.42. The van der Waals surface area contributed by atoms with Gasteiger partial charge in [-0.25, -0.2) is 0 Å². The first-order chi connectivity index (χ1) is 14.6. The summed E-state index contributed by atoms with van der Waals surface area (Å²) in [5.74, 6) is 2.92. The molecule has 4 saturated carbocycles. The Bertz CT molecular complexity index is 1060. The highest BCUT2D eigenvalue weighted by Crippen LogP contribution is 2.55. The molecule has 30 heavy (non-hydrogen) atoms. The molecule has 2 nitrogen and oxygen atoms in total. The smallest absolute Gasteiger partial charge is 0.0595 e. The fraction of sp³-hybridized carbons (Fsp3) is 0.462. The first-order valence-corrected chi connectivity index (χ1v) is 12.1. The molecule has 156 valence electrons. The predicted octanol–water partition coefficient (Wildman–Crippen LogP) is 7.05. The maximum absolute atomic E-state index is 6.25. The van der Waals surface area contributed by atoms with Crippen molar-refractivity contribution in [1.29, 1.82) is 0 Å². The molecule has 7 rings (SSSR count). The fourth-order valence-electron chi connectivity index (χ4n) is 7.04. The summed E-state index contributed by atoms with van der Waals surface area (Å²) >= 11 is 12.4. The Kier molecular flexibility index (Phi) is 4.67. The van der Waals surface area contributed by atoms with E-state index in [0.29, 0.717) is 15.6 Å². The average Bonchev–Trinajstić information content (AvgIpc) is 3.06. The Morgan fingerprint density at radius 1 is 0.900 bits per heavy atom. The van der Waals surface area contributed by atoms with E-state index in [1.165, 1.54) is 60.6 Å². The van der Waals surface area contributed by atoms with Gasteiger partial charge in [0.2, 0.25) is 0 Å². The number of hydrogen-bond acceptors (Lipinski definition) is 1. The van der Waals surface area contributed by atoms with Crippen molar-refractivity contribution in [1.82, 2.24) is 9.88 Å². The molecule has 4 bridgehead atoms. The van der Waals surface area contributed by atoms with E-state index in [1.54, 1.807) is 0 Å². The summed E-state index contributed by atoms with van der Waals surface area (Å²) < 4.78 is 2.35. The summed E-state index contributed by atoms with van der Waals surface area (Å²) in [5, 5.41) is 6.66. The van der Waals surface area contributed by atoms with Gasteiger partial charge in [0.25, 0.3) is 0 Å². The SMILES string of the molecule is Clc1ccc(Cn2cc(CNC34CC5CC(CC(C5)C3)C4)c3ccccc32)cc1Cl. The van der Waals surface area contributed by atoms with E-state index < -0.39 is 0 Å². The number of halogens is 2. The second-order valence-corrected chi connectivity index (χ2v) is 10.9. The molecule has 0 radical (unpaired) electrons. The van der Waals surface area contributed by atoms with Gasteiger partial charge in [-0.1, -0.05) is 47.5 Å². The van der Waals surface area contributed by atoms with E-state index in [2.05, 4.69) is 46.4 Å². The summed E-state index contributed by atoms with van der Waals surface area (Å²) in [4.78, 5) is 0. The summed E-state index contributed by atoms with van der Waals surface area (Å²) in [6, 6.07) is 14.7. The molecule has 0 aliphatic heterocycles. The van der Waals surface area contributed by atoms with Crippen molar-refractivity contribution in [3.05, 3.63) is 69.8 Å². The lowest BCUT2D eigenvalue weighted by molar-refractivity contribution is -0.0205. The van der Waals surface area contributed by atoms with E-state index >= 15 is 0 Å². The van der Waals surface area contributed by atoms with Crippen LogP contribution in [0.4, 0.5) is 0 Å². The molecule has 0 unspecified atom stereocenters. The highest BCUT2D eigenvalue weighted by atomic mass is 35.5. The van der Waals surface area contributed by atoms with Gasteiger partial charge in [0.15, 0.2) is 0 Å². The van der Waals surface area contributed by atoms with Gasteiger partial charge in [0, 0.05) is 35.7 Å². The third-order valence-electron chi connectivity index (χ3n) is 7.90. The molecule has 4 fully saturated rings. The number of nitrogens with one attached hydrogen (secondary N) is 1. The van der Waals surface area contributed by atoms with Crippen LogP contribution in [0.25, 0.3) is 10.9 Å². The Morgan fingerprint density at radius 3 is 2.30 bits per heavy atom. The molecule has 0 spiro atoms. The molecule has 3 aromatic rings. The minimum Gasteiger partial charge on any atom is -0.343 e. The molecular weight excluding hydrogens is 411 g/mol. The minimum atomic E-state index is 0.391. The van der Waals surface area contributed by atoms with Crippen LogP contribution in [0.5, 0.6) is 0 Å². The number of hydrogen-bond donors (Lipinski definition) is 1. The zero-order valence-corrected chi connectivity index (χ0v) is 18.7. The molecule has 0 atom stereocenters. The maximum atomic E-state index is 6.25. The molecule has 4 aliphatic carbocycles. The van der Waals surface area contributed by atoms with Gasteiger partial charge in [0.1, 0.15) is 0 Å². The lowest BCUT2D eigenvalue weighted by atomic mass is 9.53. The number of para-hydroxylation sites is 1. The van der Waals surface area contributed by atoms with Crippen molar-refractivity contribution in [3.8, 4) is 0 Å². The van der Waals surface area contributed by atoms with Crippen LogP contribution < -0.4 is 5.32 Å². The molecule has 0 saturated heterocycles. The van der Waals surface area contributed by atoms with E-state index in [1.807, 2.05) is 12.1 Å². The Morgan fingerprint density at radius 2 is 1.60 bits per heavy atom. The summed E-state index contributed by atoms with van der Waals surface area (Å²) in [6.07, 6.45) is 11.0. The number of aromatic nitrogens is 1. The highest BCUT2D eigenvalue weighted by Gasteiger charge is 2.50. The summed E-state index contributed by atoms with van der Waals surface area (Å²) in [7, 11) is 0. The Hall–Kier alpha value is -1.48. The fourth-order valence-corrected chi connectivity index (χ4v) is 7.36. The minimum absolute atomic E-state index is 0.391. The predicted molar refractivity (Wildman–Crippen MR) is 125 cm³/mol. The Balaban J connectivity index is 1.27. The van der Waals surface area contributed by atoms with Crippen molar-refractivity contribution in [2.75, 3.05) is 0 Å². The van der Waals surface area contributed by atoms with Gasteiger partial charge >= 0.3 is 0 Å². The van der Waals surface area contributed by atoms with Crippen molar-refractivity contribution in [2.45, 2.75) is 57.2 Å². The van der Waals surface area contributed by atoms with E-state index in [4.69, 9.17) is 23.2 Å². The van der Waals surface area contributed by atoms with Crippen molar-refractivity contribution in [3.63, 3.8) is 0 Å². The van der Waals surface area contributed by atoms with E-state index in [9.17, 15) is 0 Å². The number of rotatable bonds is 5. The van der Waals surface area contributed by atoms with Crippen LogP contribution in [-0.4, -0.2) is 10.1 Å². The number of nitrogens with zero attached hydrogens (tertiary/aromatic N) is 1. The molecule has 1 N–H and O–H groups in total. The zero-order valence-electron chi connectivity index (χ0n) is 17.2. The van der Waals surface area contributed by atoms with Gasteiger partial charge < -0.3 is 9.88 Å². The topological polar surface area (TPSA) is 17.0 Å². The van der Waals surface area contributed by atoms with Gasteiger partial charge in [-0.2, -0.15) is 0 Å². The van der Waals surface area contributed by atoms with Gasteiger partial charge in [0.05, 0.1) is 10.0 Å². The first kappa shape index (κ1) is 19.2. The Labute approximate surface area is 188 Å². The molecule has 2 aromatic carbocycles. The van der Waals surface area contributed by atoms with Gasteiger partial charge in [-0.05, 0) is 85.6 Å². The van der Waals surface area contributed by atoms with E-state index in [0.717, 1.165) is 30.8 Å². The second kappa shape index (κ2) is 7.29. The number of benzene rings is 2. The third kappa shape index (κ3) is 3.38. The lowest BCUT2D eigenvalue weighted by Crippen LogP contribution is -2.58. The van der Waals surface area contributed by atoms with Crippen LogP contribution in [0.1, 0.15) is 49.7 Å². The van der Waals surface area contributed by atoms with Crippen LogP contribution in [0.15, 0.2) is 48.7 Å². The molecule has 0 amide bonds. The van der Waals surface area contributed by atoms with Gasteiger partial charge in [-0.15, -0.1) is 0 Å². The molecule has 4 heteroatoms. The zero-order chi connectivity index (χ0) is 20.3. The largest absolute Gasteiger partial charge is 0.343 e. The molecular formula is C26H28Cl2N2. The molecule has 1 heterocycles. The van der Waals surface area contributed by atoms with Crippen LogP contribution in [0.3, 0.4) is 0 Å². The van der Waals surface area contributed by atoms with Crippen LogP contribution in [0.2, 0.25) is 10.0 Å². The third-order valence-corrected chi connectivity index (χ3v) is 8.64. The van der Waals surface area contributed by atoms with Crippen LogP contribution in [-0.2, 0) is 13.1 Å². The second-order valence-electron chi connectivity index (χ2n) is 10.1. The molecule has 4 aliphatic rings. The van der Waals surface area contributed by atoms with Crippen LogP contribution >= 0.6 is 23.2 Å². The summed E-state index contributed by atoms with van der Waals surface area (Å²) in [6.45, 7) is 1.76. The van der Waals surface area contributed by atoms with Crippen molar-refractivity contribution in [2.24, 2.45) is 17.8 Å². The first-order valence-electron chi connectivity index (χ1n) is 11.3. The number of fused-ring (bicyclic) bond motifs is 1. The standard InChI is InChI=1S/C26H28Cl2N2/c27-23-6-5-17(10-24(23)28)15-30-16-21(22-3-1-2-4-25(22)30)14-29-26-11-18-7-19(12-26)9-20(8-18)13-26/h1-6,10,16,18-20,29H,7-9,11-15H2. The van der Waals surface area contributed by atoms with Gasteiger partial charge in [-0.3, -0.25) is 0 Å². The quantitative estimate of drug-likeness (QED) is 0.451. The normalized spacial score (nSPS) is 29.7. The lowest BCUT2D eigenvalue weighted by Gasteiger charge is -2.57. The maximum Gasteiger partial charge on any atom is 0.0595 e. The molecule has 1 aromatic heterocycles. The van der Waals surface area contributed by atoms with E-state index in [-0.39, 0.29) is 0 Å². The summed E-state index contributed by atoms with van der Waals surface area (Å²) in [5.41, 5.74) is 4.25. The average molecular weight is 439 g/mol.